The van der Waals surface area contributed by atoms with E-state index >= 15 is 0 Å². The Morgan fingerprint density at radius 1 is 1.21 bits per heavy atom. The van der Waals surface area contributed by atoms with Crippen molar-refractivity contribution >= 4 is 11.8 Å². The van der Waals surface area contributed by atoms with E-state index in [0.717, 1.165) is 32.4 Å². The summed E-state index contributed by atoms with van der Waals surface area (Å²) in [5.74, 6) is 0.472. The minimum atomic E-state index is 0.0602. The minimum Gasteiger partial charge on any atom is -0.344 e. The van der Waals surface area contributed by atoms with Crippen LogP contribution < -0.4 is 5.32 Å². The molecule has 0 bridgehead atoms. The standard InChI is InChI=1S/C19H29N3O2/c1-20-12-15-21(2)19(24)17-10-13-22(14-11-17)18(23)9-8-16-6-4-3-5-7-16/h3-7,17,20H,8-15H2,1-2H3. The number of carbonyl (C=O) groups is 2. The molecule has 2 amide bonds. The van der Waals surface area contributed by atoms with Crippen LogP contribution >= 0.6 is 0 Å². The number of hydrogen-bond acceptors (Lipinski definition) is 3. The molecule has 5 nitrogen and oxygen atoms in total. The Labute approximate surface area is 145 Å². The number of nitrogens with one attached hydrogen (secondary N) is 1. The Morgan fingerprint density at radius 3 is 2.50 bits per heavy atom. The molecule has 0 radical (unpaired) electrons. The van der Waals surface area contributed by atoms with Crippen LogP contribution in [0.3, 0.4) is 0 Å². The van der Waals surface area contributed by atoms with E-state index in [1.165, 1.54) is 5.56 Å². The van der Waals surface area contributed by atoms with Crippen LogP contribution in [-0.2, 0) is 16.0 Å². The van der Waals surface area contributed by atoms with Gasteiger partial charge in [-0.05, 0) is 31.9 Å². The van der Waals surface area contributed by atoms with E-state index in [4.69, 9.17) is 0 Å². The molecular formula is C19H29N3O2. The van der Waals surface area contributed by atoms with Gasteiger partial charge >= 0.3 is 0 Å². The second-order valence-electron chi connectivity index (χ2n) is 6.50. The van der Waals surface area contributed by atoms with E-state index in [1.807, 2.05) is 37.2 Å². The van der Waals surface area contributed by atoms with Gasteiger partial charge in [0.05, 0.1) is 0 Å². The molecule has 1 aliphatic heterocycles. The Morgan fingerprint density at radius 2 is 1.88 bits per heavy atom. The number of carbonyl (C=O) groups excluding carboxylic acids is 2. The zero-order valence-electron chi connectivity index (χ0n) is 14.8. The number of amides is 2. The molecule has 1 aromatic carbocycles. The molecule has 1 N–H and O–H groups in total. The van der Waals surface area contributed by atoms with Gasteiger partial charge in [-0.25, -0.2) is 0 Å². The van der Waals surface area contributed by atoms with E-state index in [1.54, 1.807) is 4.90 Å². The molecule has 132 valence electrons. The van der Waals surface area contributed by atoms with Crippen LogP contribution in [0, 0.1) is 5.92 Å². The summed E-state index contributed by atoms with van der Waals surface area (Å²) in [5.41, 5.74) is 1.20. The molecule has 0 atom stereocenters. The van der Waals surface area contributed by atoms with Gasteiger partial charge in [-0.1, -0.05) is 30.3 Å². The first-order valence-electron chi connectivity index (χ1n) is 8.83. The van der Waals surface area contributed by atoms with Crippen LogP contribution in [0.5, 0.6) is 0 Å². The molecule has 1 heterocycles. The molecule has 0 saturated carbocycles. The highest BCUT2D eigenvalue weighted by atomic mass is 16.2. The molecule has 1 saturated heterocycles. The van der Waals surface area contributed by atoms with Crippen molar-refractivity contribution < 1.29 is 9.59 Å². The highest BCUT2D eigenvalue weighted by Crippen LogP contribution is 2.20. The topological polar surface area (TPSA) is 52.7 Å². The lowest BCUT2D eigenvalue weighted by Crippen LogP contribution is -2.44. The highest BCUT2D eigenvalue weighted by Gasteiger charge is 2.28. The first-order chi connectivity index (χ1) is 11.6. The van der Waals surface area contributed by atoms with Crippen molar-refractivity contribution in [1.29, 1.82) is 0 Å². The Bertz CT molecular complexity index is 525. The Hall–Kier alpha value is -1.88. The van der Waals surface area contributed by atoms with Crippen molar-refractivity contribution in [3.05, 3.63) is 35.9 Å². The van der Waals surface area contributed by atoms with Gasteiger partial charge in [0.2, 0.25) is 11.8 Å². The second-order valence-corrected chi connectivity index (χ2v) is 6.50. The fourth-order valence-corrected chi connectivity index (χ4v) is 3.13. The quantitative estimate of drug-likeness (QED) is 0.824. The van der Waals surface area contributed by atoms with Crippen LogP contribution in [0.1, 0.15) is 24.8 Å². The minimum absolute atomic E-state index is 0.0602. The summed E-state index contributed by atoms with van der Waals surface area (Å²) in [7, 11) is 3.74. The van der Waals surface area contributed by atoms with Crippen molar-refractivity contribution in [2.24, 2.45) is 5.92 Å². The molecule has 1 fully saturated rings. The van der Waals surface area contributed by atoms with Crippen molar-refractivity contribution in [3.63, 3.8) is 0 Å². The van der Waals surface area contributed by atoms with Gasteiger partial charge in [-0.3, -0.25) is 9.59 Å². The maximum Gasteiger partial charge on any atom is 0.225 e. The molecular weight excluding hydrogens is 302 g/mol. The molecule has 0 aliphatic carbocycles. The predicted octanol–water partition coefficient (Wildman–Crippen LogP) is 1.54. The van der Waals surface area contributed by atoms with Gasteiger partial charge in [0, 0.05) is 45.6 Å². The van der Waals surface area contributed by atoms with E-state index in [0.29, 0.717) is 19.5 Å². The van der Waals surface area contributed by atoms with Gasteiger partial charge in [0.25, 0.3) is 0 Å². The Balaban J connectivity index is 1.73. The molecule has 5 heteroatoms. The predicted molar refractivity (Wildman–Crippen MR) is 95.6 cm³/mol. The normalized spacial score (nSPS) is 15.3. The number of likely N-dealkylation sites (tertiary alicyclic amines) is 1. The summed E-state index contributed by atoms with van der Waals surface area (Å²) in [6, 6.07) is 10.1. The molecule has 1 aliphatic rings. The van der Waals surface area contributed by atoms with Gasteiger partial charge in [0.15, 0.2) is 0 Å². The fourth-order valence-electron chi connectivity index (χ4n) is 3.13. The first-order valence-corrected chi connectivity index (χ1v) is 8.83. The summed E-state index contributed by atoms with van der Waals surface area (Å²) in [6.07, 6.45) is 2.88. The summed E-state index contributed by atoms with van der Waals surface area (Å²) in [6.45, 7) is 2.93. The highest BCUT2D eigenvalue weighted by molar-refractivity contribution is 5.80. The summed E-state index contributed by atoms with van der Waals surface area (Å²) < 4.78 is 0. The molecule has 1 aromatic rings. The van der Waals surface area contributed by atoms with Crippen LogP contribution in [0.15, 0.2) is 30.3 Å². The molecule has 24 heavy (non-hydrogen) atoms. The first kappa shape index (κ1) is 18.5. The molecule has 0 unspecified atom stereocenters. The van der Waals surface area contributed by atoms with Gasteiger partial charge in [-0.2, -0.15) is 0 Å². The van der Waals surface area contributed by atoms with E-state index in [2.05, 4.69) is 17.4 Å². The zero-order chi connectivity index (χ0) is 17.4. The maximum absolute atomic E-state index is 12.4. The van der Waals surface area contributed by atoms with E-state index in [-0.39, 0.29) is 17.7 Å². The maximum atomic E-state index is 12.4. The van der Waals surface area contributed by atoms with Crippen LogP contribution in [-0.4, -0.2) is 61.9 Å². The largest absolute Gasteiger partial charge is 0.344 e. The number of rotatable bonds is 7. The third-order valence-electron chi connectivity index (χ3n) is 4.74. The van der Waals surface area contributed by atoms with E-state index in [9.17, 15) is 9.59 Å². The third-order valence-corrected chi connectivity index (χ3v) is 4.74. The van der Waals surface area contributed by atoms with Crippen molar-refractivity contribution in [3.8, 4) is 0 Å². The zero-order valence-corrected chi connectivity index (χ0v) is 14.8. The second kappa shape index (κ2) is 9.42. The average molecular weight is 331 g/mol. The number of hydrogen-bond donors (Lipinski definition) is 1. The molecule has 0 spiro atoms. The summed E-state index contributed by atoms with van der Waals surface area (Å²) >= 11 is 0. The Kier molecular flexibility index (Phi) is 7.25. The van der Waals surface area contributed by atoms with Gasteiger partial charge in [-0.15, -0.1) is 0 Å². The van der Waals surface area contributed by atoms with E-state index < -0.39 is 0 Å². The lowest BCUT2D eigenvalue weighted by Gasteiger charge is -2.33. The van der Waals surface area contributed by atoms with Gasteiger partial charge < -0.3 is 15.1 Å². The molecule has 0 aromatic heterocycles. The fraction of sp³-hybridized carbons (Fsp3) is 0.579. The monoisotopic (exact) mass is 331 g/mol. The molecule has 2 rings (SSSR count). The number of likely N-dealkylation sites (N-methyl/N-ethyl adjacent to an activating group) is 2. The smallest absolute Gasteiger partial charge is 0.225 e. The average Bonchev–Trinajstić information content (AvgIpc) is 2.64. The number of nitrogens with zero attached hydrogens (tertiary/aromatic N) is 2. The van der Waals surface area contributed by atoms with Gasteiger partial charge in [0.1, 0.15) is 0 Å². The van der Waals surface area contributed by atoms with Crippen molar-refractivity contribution in [2.45, 2.75) is 25.7 Å². The summed E-state index contributed by atoms with van der Waals surface area (Å²) in [4.78, 5) is 28.4. The number of piperidine rings is 1. The van der Waals surface area contributed by atoms with Crippen molar-refractivity contribution in [1.82, 2.24) is 15.1 Å². The lowest BCUT2D eigenvalue weighted by atomic mass is 9.95. The van der Waals surface area contributed by atoms with Crippen LogP contribution in [0.2, 0.25) is 0 Å². The lowest BCUT2D eigenvalue weighted by molar-refractivity contribution is -0.139. The third kappa shape index (κ3) is 5.34. The van der Waals surface area contributed by atoms with Crippen LogP contribution in [0.25, 0.3) is 0 Å². The van der Waals surface area contributed by atoms with Crippen molar-refractivity contribution in [2.75, 3.05) is 40.3 Å². The summed E-state index contributed by atoms with van der Waals surface area (Å²) in [5, 5.41) is 3.06. The number of aryl methyl sites for hydroxylation is 1. The van der Waals surface area contributed by atoms with Crippen LogP contribution in [0.4, 0.5) is 0 Å². The SMILES string of the molecule is CNCCN(C)C(=O)C1CCN(C(=O)CCc2ccccc2)CC1. The number of benzene rings is 1.